The van der Waals surface area contributed by atoms with Crippen molar-refractivity contribution in [3.63, 3.8) is 0 Å². The van der Waals surface area contributed by atoms with Crippen molar-refractivity contribution in [2.75, 3.05) is 13.3 Å². The first-order chi connectivity index (χ1) is 10.3. The number of hydrogen-bond donors (Lipinski definition) is 0. The topological polar surface area (TPSA) is 38.8 Å². The van der Waals surface area contributed by atoms with Crippen LogP contribution < -0.4 is 9.47 Å². The third-order valence-electron chi connectivity index (χ3n) is 3.18. The van der Waals surface area contributed by atoms with Gasteiger partial charge in [0, 0.05) is 17.0 Å². The van der Waals surface area contributed by atoms with E-state index in [1.54, 1.807) is 40.5 Å². The molecule has 0 atom stereocenters. The van der Waals surface area contributed by atoms with Gasteiger partial charge in [0.05, 0.1) is 6.54 Å². The Kier molecular flexibility index (Phi) is 3.92. The molecule has 1 aromatic heterocycles. The summed E-state index contributed by atoms with van der Waals surface area (Å²) in [5, 5.41) is 2.01. The quantitative estimate of drug-likeness (QED) is 0.795. The maximum absolute atomic E-state index is 12.6. The van der Waals surface area contributed by atoms with Crippen molar-refractivity contribution in [1.29, 1.82) is 0 Å². The highest BCUT2D eigenvalue weighted by molar-refractivity contribution is 7.09. The maximum atomic E-state index is 12.6. The van der Waals surface area contributed by atoms with E-state index in [9.17, 15) is 4.79 Å². The summed E-state index contributed by atoms with van der Waals surface area (Å²) in [6.07, 6.45) is 1.73. The van der Waals surface area contributed by atoms with Gasteiger partial charge in [0.15, 0.2) is 11.5 Å². The van der Waals surface area contributed by atoms with Gasteiger partial charge in [0.1, 0.15) is 0 Å². The summed E-state index contributed by atoms with van der Waals surface area (Å²) >= 11 is 1.64. The number of benzene rings is 1. The molecule has 0 bridgehead atoms. The number of hydrogen-bond acceptors (Lipinski definition) is 4. The highest BCUT2D eigenvalue weighted by Crippen LogP contribution is 2.33. The molecule has 0 saturated heterocycles. The summed E-state index contributed by atoms with van der Waals surface area (Å²) in [7, 11) is 0. The van der Waals surface area contributed by atoms with Gasteiger partial charge in [-0.15, -0.1) is 17.9 Å². The summed E-state index contributed by atoms with van der Waals surface area (Å²) < 4.78 is 10.6. The molecule has 1 aliphatic rings. The average Bonchev–Trinajstić information content (AvgIpc) is 3.16. The van der Waals surface area contributed by atoms with E-state index in [1.807, 2.05) is 17.5 Å². The van der Waals surface area contributed by atoms with Crippen LogP contribution in [0, 0.1) is 0 Å². The fourth-order valence-corrected chi connectivity index (χ4v) is 2.90. The summed E-state index contributed by atoms with van der Waals surface area (Å²) in [5.74, 6) is 1.26. The molecule has 0 N–H and O–H groups in total. The summed E-state index contributed by atoms with van der Waals surface area (Å²) in [6, 6.07) is 9.27. The van der Waals surface area contributed by atoms with Crippen molar-refractivity contribution in [3.8, 4) is 11.5 Å². The fourth-order valence-electron chi connectivity index (χ4n) is 2.18. The van der Waals surface area contributed by atoms with Crippen molar-refractivity contribution < 1.29 is 14.3 Å². The van der Waals surface area contributed by atoms with Crippen LogP contribution in [0.3, 0.4) is 0 Å². The number of fused-ring (bicyclic) bond motifs is 1. The lowest BCUT2D eigenvalue weighted by Gasteiger charge is -2.20. The van der Waals surface area contributed by atoms with Crippen LogP contribution in [0.4, 0.5) is 0 Å². The normalized spacial score (nSPS) is 12.2. The predicted octanol–water partition coefficient (Wildman–Crippen LogP) is 3.31. The van der Waals surface area contributed by atoms with Crippen molar-refractivity contribution in [1.82, 2.24) is 4.90 Å². The van der Waals surface area contributed by atoms with Crippen LogP contribution in [-0.2, 0) is 6.54 Å². The molecule has 1 aromatic carbocycles. The van der Waals surface area contributed by atoms with E-state index in [1.165, 1.54) is 0 Å². The molecule has 0 aliphatic carbocycles. The Morgan fingerprint density at radius 1 is 1.33 bits per heavy atom. The lowest BCUT2D eigenvalue weighted by atomic mass is 10.1. The van der Waals surface area contributed by atoms with Crippen LogP contribution in [-0.4, -0.2) is 24.1 Å². The largest absolute Gasteiger partial charge is 0.454 e. The minimum Gasteiger partial charge on any atom is -0.454 e. The molecule has 0 saturated carbocycles. The van der Waals surface area contributed by atoms with Crippen LogP contribution in [0.15, 0.2) is 48.4 Å². The van der Waals surface area contributed by atoms with Gasteiger partial charge in [-0.1, -0.05) is 12.1 Å². The number of ether oxygens (including phenoxy) is 2. The molecule has 3 rings (SSSR count). The molecule has 0 unspecified atom stereocenters. The first-order valence-corrected chi connectivity index (χ1v) is 7.48. The Hall–Kier alpha value is -2.27. The Morgan fingerprint density at radius 3 is 2.95 bits per heavy atom. The third-order valence-corrected chi connectivity index (χ3v) is 4.04. The van der Waals surface area contributed by atoms with Crippen molar-refractivity contribution in [2.24, 2.45) is 0 Å². The number of carbonyl (C=O) groups excluding carboxylic acids is 1. The maximum Gasteiger partial charge on any atom is 0.254 e. The summed E-state index contributed by atoms with van der Waals surface area (Å²) in [5.41, 5.74) is 0.595. The molecule has 4 nitrogen and oxygen atoms in total. The first-order valence-electron chi connectivity index (χ1n) is 6.60. The van der Waals surface area contributed by atoms with Crippen molar-refractivity contribution in [2.45, 2.75) is 6.54 Å². The van der Waals surface area contributed by atoms with E-state index < -0.39 is 0 Å². The van der Waals surface area contributed by atoms with Gasteiger partial charge >= 0.3 is 0 Å². The molecule has 1 amide bonds. The minimum atomic E-state index is -0.0402. The number of rotatable bonds is 5. The zero-order chi connectivity index (χ0) is 14.7. The second-order valence-corrected chi connectivity index (χ2v) is 5.65. The van der Waals surface area contributed by atoms with E-state index in [0.717, 1.165) is 4.88 Å². The zero-order valence-electron chi connectivity index (χ0n) is 11.5. The molecular formula is C16H15NO3S. The standard InChI is InChI=1S/C16H15NO3S/c1-2-7-17(10-13-4-3-8-21-13)16(18)12-5-6-14-15(9-12)20-11-19-14/h2-6,8-9H,1,7,10-11H2. The third kappa shape index (κ3) is 2.92. The zero-order valence-corrected chi connectivity index (χ0v) is 12.3. The molecule has 0 fully saturated rings. The molecule has 0 radical (unpaired) electrons. The Balaban J connectivity index is 1.81. The molecule has 0 spiro atoms. The molecule has 21 heavy (non-hydrogen) atoms. The fraction of sp³-hybridized carbons (Fsp3) is 0.188. The van der Waals surface area contributed by atoms with E-state index in [-0.39, 0.29) is 12.7 Å². The lowest BCUT2D eigenvalue weighted by molar-refractivity contribution is 0.0764. The van der Waals surface area contributed by atoms with Gasteiger partial charge in [0.2, 0.25) is 6.79 Å². The number of carbonyl (C=O) groups is 1. The Morgan fingerprint density at radius 2 is 2.19 bits per heavy atom. The second kappa shape index (κ2) is 6.01. The van der Waals surface area contributed by atoms with Gasteiger partial charge in [-0.3, -0.25) is 4.79 Å². The van der Waals surface area contributed by atoms with E-state index in [4.69, 9.17) is 9.47 Å². The SMILES string of the molecule is C=CCN(Cc1cccs1)C(=O)c1ccc2c(c1)OCO2. The van der Waals surface area contributed by atoms with Gasteiger partial charge < -0.3 is 14.4 Å². The molecule has 5 heteroatoms. The Bertz CT molecular complexity index is 652. The number of nitrogens with zero attached hydrogens (tertiary/aromatic N) is 1. The van der Waals surface area contributed by atoms with Gasteiger partial charge in [-0.05, 0) is 29.6 Å². The molecule has 108 valence electrons. The average molecular weight is 301 g/mol. The van der Waals surface area contributed by atoms with Crippen molar-refractivity contribution >= 4 is 17.2 Å². The molecule has 2 aromatic rings. The molecule has 2 heterocycles. The monoisotopic (exact) mass is 301 g/mol. The lowest BCUT2D eigenvalue weighted by Crippen LogP contribution is -2.30. The minimum absolute atomic E-state index is 0.0402. The number of thiophene rings is 1. The first kappa shape index (κ1) is 13.7. The van der Waals surface area contributed by atoms with E-state index in [0.29, 0.717) is 30.2 Å². The van der Waals surface area contributed by atoms with Gasteiger partial charge in [-0.25, -0.2) is 0 Å². The predicted molar refractivity (Wildman–Crippen MR) is 81.8 cm³/mol. The van der Waals surface area contributed by atoms with Crippen LogP contribution >= 0.6 is 11.3 Å². The smallest absolute Gasteiger partial charge is 0.254 e. The van der Waals surface area contributed by atoms with Gasteiger partial charge in [0.25, 0.3) is 5.91 Å². The summed E-state index contributed by atoms with van der Waals surface area (Å²) in [4.78, 5) is 15.6. The van der Waals surface area contributed by atoms with Gasteiger partial charge in [-0.2, -0.15) is 0 Å². The van der Waals surface area contributed by atoms with Crippen LogP contribution in [0.2, 0.25) is 0 Å². The Labute approximate surface area is 127 Å². The van der Waals surface area contributed by atoms with E-state index >= 15 is 0 Å². The highest BCUT2D eigenvalue weighted by Gasteiger charge is 2.20. The summed E-state index contributed by atoms with van der Waals surface area (Å²) in [6.45, 7) is 5.02. The molecular weight excluding hydrogens is 286 g/mol. The second-order valence-electron chi connectivity index (χ2n) is 4.62. The molecule has 1 aliphatic heterocycles. The van der Waals surface area contributed by atoms with E-state index in [2.05, 4.69) is 6.58 Å². The van der Waals surface area contributed by atoms with Crippen molar-refractivity contribution in [3.05, 3.63) is 58.8 Å². The van der Waals surface area contributed by atoms with Crippen LogP contribution in [0.1, 0.15) is 15.2 Å². The highest BCUT2D eigenvalue weighted by atomic mass is 32.1. The van der Waals surface area contributed by atoms with Crippen LogP contribution in [0.5, 0.6) is 11.5 Å². The number of amides is 1. The van der Waals surface area contributed by atoms with Crippen LogP contribution in [0.25, 0.3) is 0 Å².